The molecule has 1 amide bonds. The molecule has 74 valence electrons. The van der Waals surface area contributed by atoms with E-state index < -0.39 is 6.04 Å². The first-order valence-electron chi connectivity index (χ1n) is 4.10. The van der Waals surface area contributed by atoms with Gasteiger partial charge in [0.1, 0.15) is 12.1 Å². The molecule has 1 unspecified atom stereocenters. The van der Waals surface area contributed by atoms with Crippen LogP contribution in [0.15, 0.2) is 24.5 Å². The zero-order valence-corrected chi connectivity index (χ0v) is 7.86. The van der Waals surface area contributed by atoms with Crippen LogP contribution >= 0.6 is 0 Å². The average Bonchev–Trinajstić information content (AvgIpc) is 2.56. The van der Waals surface area contributed by atoms with Crippen LogP contribution < -0.4 is 5.32 Å². The molecule has 0 aromatic carbocycles. The molecule has 5 heteroatoms. The Morgan fingerprint density at radius 3 is 3.21 bits per heavy atom. The van der Waals surface area contributed by atoms with Crippen molar-refractivity contribution in [1.82, 2.24) is 10.4 Å². The van der Waals surface area contributed by atoms with E-state index in [-0.39, 0.29) is 11.7 Å². The molecule has 0 fully saturated rings. The summed E-state index contributed by atoms with van der Waals surface area (Å²) in [5.74, 6) is -0.0658. The summed E-state index contributed by atoms with van der Waals surface area (Å²) >= 11 is 0. The van der Waals surface area contributed by atoms with Crippen LogP contribution in [0.3, 0.4) is 0 Å². The molecule has 1 atom stereocenters. The van der Waals surface area contributed by atoms with Crippen molar-refractivity contribution >= 4 is 5.91 Å². The lowest BCUT2D eigenvalue weighted by molar-refractivity contribution is -0.138. The van der Waals surface area contributed by atoms with Gasteiger partial charge in [0.15, 0.2) is 0 Å². The summed E-state index contributed by atoms with van der Waals surface area (Å²) in [6.07, 6.45) is 3.06. The molecule has 1 N–H and O–H groups in total. The molecule has 1 aliphatic heterocycles. The van der Waals surface area contributed by atoms with Crippen molar-refractivity contribution in [3.8, 4) is 6.07 Å². The van der Waals surface area contributed by atoms with Crippen molar-refractivity contribution in [3.05, 3.63) is 24.5 Å². The molecule has 0 radical (unpaired) electrons. The Kier molecular flexibility index (Phi) is 3.26. The first-order chi connectivity index (χ1) is 6.69. The summed E-state index contributed by atoms with van der Waals surface area (Å²) in [4.78, 5) is 16.4. The summed E-state index contributed by atoms with van der Waals surface area (Å²) in [6, 6.07) is 1.29. The SMILES string of the molecule is C=CCNC(=O)C1C=C(C#N)ON1C. The van der Waals surface area contributed by atoms with E-state index in [0.29, 0.717) is 6.54 Å². The van der Waals surface area contributed by atoms with Gasteiger partial charge in [-0.2, -0.15) is 5.26 Å². The van der Waals surface area contributed by atoms with Crippen molar-refractivity contribution in [2.24, 2.45) is 0 Å². The number of hydrogen-bond acceptors (Lipinski definition) is 4. The van der Waals surface area contributed by atoms with Crippen molar-refractivity contribution in [1.29, 1.82) is 5.26 Å². The Labute approximate surface area is 82.2 Å². The van der Waals surface area contributed by atoms with Crippen molar-refractivity contribution in [2.45, 2.75) is 6.04 Å². The molecule has 0 bridgehead atoms. The minimum absolute atomic E-state index is 0.145. The van der Waals surface area contributed by atoms with Crippen molar-refractivity contribution < 1.29 is 9.63 Å². The summed E-state index contributed by atoms with van der Waals surface area (Å²) in [6.45, 7) is 3.88. The third-order valence-electron chi connectivity index (χ3n) is 1.74. The van der Waals surface area contributed by atoms with Crippen LogP contribution in [-0.2, 0) is 9.63 Å². The van der Waals surface area contributed by atoms with Crippen LogP contribution in [0.5, 0.6) is 0 Å². The Morgan fingerprint density at radius 2 is 2.71 bits per heavy atom. The number of carbonyl (C=O) groups excluding carboxylic acids is 1. The van der Waals surface area contributed by atoms with Gasteiger partial charge < -0.3 is 10.2 Å². The second-order valence-electron chi connectivity index (χ2n) is 2.76. The minimum Gasteiger partial charge on any atom is -0.394 e. The number of amides is 1. The smallest absolute Gasteiger partial charge is 0.245 e. The minimum atomic E-state index is -0.537. The van der Waals surface area contributed by atoms with Gasteiger partial charge in [0.05, 0.1) is 0 Å². The topological polar surface area (TPSA) is 65.4 Å². The summed E-state index contributed by atoms with van der Waals surface area (Å²) < 4.78 is 0. The predicted octanol–water partition coefficient (Wildman–Crippen LogP) is -0.0583. The van der Waals surface area contributed by atoms with Crippen LogP contribution in [-0.4, -0.2) is 30.6 Å². The van der Waals surface area contributed by atoms with E-state index in [1.54, 1.807) is 13.1 Å². The fraction of sp³-hybridized carbons (Fsp3) is 0.333. The summed E-state index contributed by atoms with van der Waals surface area (Å²) in [5, 5.41) is 12.5. The Bertz CT molecular complexity index is 317. The van der Waals surface area contributed by atoms with Crippen LogP contribution in [0.25, 0.3) is 0 Å². The molecule has 1 rings (SSSR count). The average molecular weight is 193 g/mol. The Morgan fingerprint density at radius 1 is 2.00 bits per heavy atom. The van der Waals surface area contributed by atoms with E-state index in [1.165, 1.54) is 11.1 Å². The molecule has 1 aliphatic rings. The summed E-state index contributed by atoms with van der Waals surface area (Å²) in [5.41, 5.74) is 0. The highest BCUT2D eigenvalue weighted by atomic mass is 16.7. The normalized spacial score (nSPS) is 20.6. The number of nitrogens with one attached hydrogen (secondary N) is 1. The predicted molar refractivity (Wildman–Crippen MR) is 49.5 cm³/mol. The van der Waals surface area contributed by atoms with Gasteiger partial charge >= 0.3 is 0 Å². The standard InChI is InChI=1S/C9H11N3O2/c1-3-4-11-9(13)8-5-7(6-10)14-12(8)2/h3,5,8H,1,4H2,2H3,(H,11,13). The van der Waals surface area contributed by atoms with Gasteiger partial charge in [-0.15, -0.1) is 11.6 Å². The molecular formula is C9H11N3O2. The van der Waals surface area contributed by atoms with E-state index in [2.05, 4.69) is 11.9 Å². The van der Waals surface area contributed by atoms with Crippen LogP contribution in [0.2, 0.25) is 0 Å². The Hall–Kier alpha value is -1.80. The highest BCUT2D eigenvalue weighted by molar-refractivity contribution is 5.84. The second kappa shape index (κ2) is 4.44. The van der Waals surface area contributed by atoms with E-state index in [1.807, 2.05) is 6.07 Å². The maximum Gasteiger partial charge on any atom is 0.245 e. The molecule has 1 heterocycles. The monoisotopic (exact) mass is 193 g/mol. The number of carbonyl (C=O) groups is 1. The van der Waals surface area contributed by atoms with E-state index >= 15 is 0 Å². The molecule has 0 saturated heterocycles. The molecule has 14 heavy (non-hydrogen) atoms. The lowest BCUT2D eigenvalue weighted by Gasteiger charge is -2.16. The molecule has 5 nitrogen and oxygen atoms in total. The fourth-order valence-corrected chi connectivity index (χ4v) is 1.07. The lowest BCUT2D eigenvalue weighted by Crippen LogP contribution is -2.40. The zero-order valence-electron chi connectivity index (χ0n) is 7.86. The number of hydrogen-bond donors (Lipinski definition) is 1. The number of allylic oxidation sites excluding steroid dienone is 1. The third kappa shape index (κ3) is 2.12. The number of nitrogens with zero attached hydrogens (tertiary/aromatic N) is 2. The highest BCUT2D eigenvalue weighted by Crippen LogP contribution is 2.15. The lowest BCUT2D eigenvalue weighted by atomic mass is 10.2. The van der Waals surface area contributed by atoms with Crippen molar-refractivity contribution in [3.63, 3.8) is 0 Å². The quantitative estimate of drug-likeness (QED) is 0.638. The van der Waals surface area contributed by atoms with Gasteiger partial charge in [-0.05, 0) is 0 Å². The third-order valence-corrected chi connectivity index (χ3v) is 1.74. The molecule has 0 aromatic heterocycles. The van der Waals surface area contributed by atoms with E-state index in [9.17, 15) is 4.79 Å². The number of hydroxylamine groups is 2. The second-order valence-corrected chi connectivity index (χ2v) is 2.76. The van der Waals surface area contributed by atoms with Crippen molar-refractivity contribution in [2.75, 3.05) is 13.6 Å². The molecule has 0 aliphatic carbocycles. The maximum absolute atomic E-state index is 11.4. The van der Waals surface area contributed by atoms with Gasteiger partial charge in [-0.3, -0.25) is 4.79 Å². The van der Waals surface area contributed by atoms with Gasteiger partial charge in [0, 0.05) is 19.7 Å². The number of rotatable bonds is 3. The van der Waals surface area contributed by atoms with E-state index in [4.69, 9.17) is 10.1 Å². The van der Waals surface area contributed by atoms with E-state index in [0.717, 1.165) is 0 Å². The Balaban J connectivity index is 2.60. The van der Waals surface area contributed by atoms with Gasteiger partial charge in [-0.25, -0.2) is 0 Å². The molecule has 0 saturated carbocycles. The summed E-state index contributed by atoms with van der Waals surface area (Å²) in [7, 11) is 1.60. The van der Waals surface area contributed by atoms with Crippen LogP contribution in [0.1, 0.15) is 0 Å². The first kappa shape index (κ1) is 10.3. The van der Waals surface area contributed by atoms with Gasteiger partial charge in [0.2, 0.25) is 11.7 Å². The number of nitriles is 1. The largest absolute Gasteiger partial charge is 0.394 e. The van der Waals surface area contributed by atoms with Crippen LogP contribution in [0, 0.1) is 11.3 Å². The molecule has 0 aromatic rings. The zero-order chi connectivity index (χ0) is 10.6. The molecular weight excluding hydrogens is 182 g/mol. The number of likely N-dealkylation sites (N-methyl/N-ethyl adjacent to an activating group) is 1. The fourth-order valence-electron chi connectivity index (χ4n) is 1.07. The molecule has 0 spiro atoms. The highest BCUT2D eigenvalue weighted by Gasteiger charge is 2.29. The van der Waals surface area contributed by atoms with Gasteiger partial charge in [-0.1, -0.05) is 6.08 Å². The first-order valence-corrected chi connectivity index (χ1v) is 4.10. The van der Waals surface area contributed by atoms with Crippen LogP contribution in [0.4, 0.5) is 0 Å². The van der Waals surface area contributed by atoms with Gasteiger partial charge in [0.25, 0.3) is 0 Å². The maximum atomic E-state index is 11.4.